The van der Waals surface area contributed by atoms with Gasteiger partial charge in [-0.05, 0) is 31.1 Å². The predicted molar refractivity (Wildman–Crippen MR) is 87.2 cm³/mol. The van der Waals surface area contributed by atoms with Crippen LogP contribution in [0.1, 0.15) is 30.9 Å². The molecule has 0 bridgehead atoms. The van der Waals surface area contributed by atoms with E-state index >= 15 is 0 Å². The SMILES string of the molecule is CSC1CCC(NC2=NC(c3ccccc3)CS2)C1. The zero-order chi connectivity index (χ0) is 13.1. The molecule has 0 saturated heterocycles. The number of nitrogens with one attached hydrogen (secondary N) is 1. The zero-order valence-corrected chi connectivity index (χ0v) is 12.8. The molecule has 1 saturated carbocycles. The van der Waals surface area contributed by atoms with Gasteiger partial charge in [0.2, 0.25) is 0 Å². The van der Waals surface area contributed by atoms with Crippen molar-refractivity contribution < 1.29 is 0 Å². The molecular weight excluding hydrogens is 272 g/mol. The molecule has 0 radical (unpaired) electrons. The molecule has 1 N–H and O–H groups in total. The Morgan fingerprint density at radius 1 is 1.26 bits per heavy atom. The molecule has 3 unspecified atom stereocenters. The largest absolute Gasteiger partial charge is 0.362 e. The van der Waals surface area contributed by atoms with Gasteiger partial charge in [-0.3, -0.25) is 4.99 Å². The van der Waals surface area contributed by atoms with E-state index in [9.17, 15) is 0 Å². The van der Waals surface area contributed by atoms with Crippen molar-refractivity contribution >= 4 is 28.7 Å². The number of aliphatic imine (C=N–C) groups is 1. The van der Waals surface area contributed by atoms with E-state index in [-0.39, 0.29) is 0 Å². The lowest BCUT2D eigenvalue weighted by Crippen LogP contribution is -2.30. The highest BCUT2D eigenvalue weighted by atomic mass is 32.2. The number of hydrogen-bond acceptors (Lipinski definition) is 4. The Balaban J connectivity index is 1.58. The number of nitrogens with zero attached hydrogens (tertiary/aromatic N) is 1. The Bertz CT molecular complexity index is 447. The van der Waals surface area contributed by atoms with Gasteiger partial charge in [0.05, 0.1) is 6.04 Å². The summed E-state index contributed by atoms with van der Waals surface area (Å²) in [6, 6.07) is 11.6. The van der Waals surface area contributed by atoms with Crippen molar-refractivity contribution in [1.29, 1.82) is 0 Å². The second-order valence-electron chi connectivity index (χ2n) is 5.18. The molecule has 1 aromatic carbocycles. The molecule has 3 atom stereocenters. The fourth-order valence-electron chi connectivity index (χ4n) is 2.76. The molecule has 1 fully saturated rings. The molecule has 1 heterocycles. The molecule has 1 aliphatic heterocycles. The Kier molecular flexibility index (Phi) is 4.38. The predicted octanol–water partition coefficient (Wildman–Crippen LogP) is 3.70. The van der Waals surface area contributed by atoms with Gasteiger partial charge in [0, 0.05) is 17.0 Å². The van der Waals surface area contributed by atoms with E-state index in [0.717, 1.165) is 16.2 Å². The quantitative estimate of drug-likeness (QED) is 0.919. The molecule has 1 aromatic rings. The third kappa shape index (κ3) is 3.29. The second kappa shape index (κ2) is 6.23. The van der Waals surface area contributed by atoms with Crippen LogP contribution < -0.4 is 5.32 Å². The molecular formula is C15H20N2S2. The second-order valence-corrected chi connectivity index (χ2v) is 7.33. The summed E-state index contributed by atoms with van der Waals surface area (Å²) < 4.78 is 0. The van der Waals surface area contributed by atoms with Gasteiger partial charge in [-0.25, -0.2) is 0 Å². The van der Waals surface area contributed by atoms with E-state index in [1.54, 1.807) is 0 Å². The van der Waals surface area contributed by atoms with E-state index in [1.807, 2.05) is 23.5 Å². The van der Waals surface area contributed by atoms with Gasteiger partial charge in [-0.2, -0.15) is 11.8 Å². The lowest BCUT2D eigenvalue weighted by atomic mass is 10.1. The number of rotatable bonds is 3. The highest BCUT2D eigenvalue weighted by molar-refractivity contribution is 8.14. The van der Waals surface area contributed by atoms with Crippen molar-refractivity contribution in [1.82, 2.24) is 5.32 Å². The molecule has 2 nitrogen and oxygen atoms in total. The third-order valence-corrected chi connectivity index (χ3v) is 5.95. The van der Waals surface area contributed by atoms with Crippen LogP contribution >= 0.6 is 23.5 Å². The van der Waals surface area contributed by atoms with E-state index in [2.05, 4.69) is 41.9 Å². The number of benzene rings is 1. The van der Waals surface area contributed by atoms with E-state index in [4.69, 9.17) is 4.99 Å². The smallest absolute Gasteiger partial charge is 0.157 e. The minimum atomic E-state index is 0.339. The molecule has 4 heteroatoms. The topological polar surface area (TPSA) is 24.4 Å². The summed E-state index contributed by atoms with van der Waals surface area (Å²) in [5.74, 6) is 1.07. The molecule has 0 amide bonds. The van der Waals surface area contributed by atoms with Gasteiger partial charge >= 0.3 is 0 Å². The molecule has 0 aromatic heterocycles. The number of hydrogen-bond donors (Lipinski definition) is 1. The first-order valence-corrected chi connectivity index (χ1v) is 9.17. The average molecular weight is 292 g/mol. The van der Waals surface area contributed by atoms with E-state index in [1.165, 1.54) is 24.8 Å². The van der Waals surface area contributed by atoms with Gasteiger partial charge in [0.1, 0.15) is 0 Å². The van der Waals surface area contributed by atoms with Crippen LogP contribution in [-0.2, 0) is 0 Å². The van der Waals surface area contributed by atoms with Crippen LogP contribution in [0.3, 0.4) is 0 Å². The van der Waals surface area contributed by atoms with E-state index < -0.39 is 0 Å². The molecule has 1 aliphatic carbocycles. The fraction of sp³-hybridized carbons (Fsp3) is 0.533. The third-order valence-electron chi connectivity index (χ3n) is 3.88. The Morgan fingerprint density at radius 2 is 2.11 bits per heavy atom. The van der Waals surface area contributed by atoms with Gasteiger partial charge in [0.25, 0.3) is 0 Å². The van der Waals surface area contributed by atoms with Crippen LogP contribution in [-0.4, -0.2) is 28.5 Å². The van der Waals surface area contributed by atoms with Crippen molar-refractivity contribution in [3.63, 3.8) is 0 Å². The average Bonchev–Trinajstić information content (AvgIpc) is 3.09. The van der Waals surface area contributed by atoms with Gasteiger partial charge in [-0.15, -0.1) is 0 Å². The summed E-state index contributed by atoms with van der Waals surface area (Å²) in [5.41, 5.74) is 1.33. The van der Waals surface area contributed by atoms with Gasteiger partial charge in [-0.1, -0.05) is 42.1 Å². The molecule has 0 spiro atoms. The Morgan fingerprint density at radius 3 is 2.84 bits per heavy atom. The first-order chi connectivity index (χ1) is 9.35. The van der Waals surface area contributed by atoms with Crippen LogP contribution in [0.25, 0.3) is 0 Å². The minimum Gasteiger partial charge on any atom is -0.362 e. The monoisotopic (exact) mass is 292 g/mol. The molecule has 2 aliphatic rings. The number of thioether (sulfide) groups is 2. The maximum atomic E-state index is 4.83. The van der Waals surface area contributed by atoms with Crippen LogP contribution in [0.15, 0.2) is 35.3 Å². The summed E-state index contributed by atoms with van der Waals surface area (Å²) >= 11 is 3.88. The van der Waals surface area contributed by atoms with Crippen LogP contribution in [0, 0.1) is 0 Å². The first kappa shape index (κ1) is 13.4. The lowest BCUT2D eigenvalue weighted by molar-refractivity contribution is 0.634. The summed E-state index contributed by atoms with van der Waals surface area (Å²) in [5, 5.41) is 5.64. The van der Waals surface area contributed by atoms with E-state index in [0.29, 0.717) is 12.1 Å². The van der Waals surface area contributed by atoms with Crippen molar-refractivity contribution in [2.45, 2.75) is 36.6 Å². The van der Waals surface area contributed by atoms with Crippen molar-refractivity contribution in [3.05, 3.63) is 35.9 Å². The number of amidine groups is 1. The van der Waals surface area contributed by atoms with Crippen LogP contribution in [0.4, 0.5) is 0 Å². The highest BCUT2D eigenvalue weighted by Crippen LogP contribution is 2.32. The molecule has 102 valence electrons. The first-order valence-electron chi connectivity index (χ1n) is 6.90. The van der Waals surface area contributed by atoms with Crippen molar-refractivity contribution in [2.75, 3.05) is 12.0 Å². The lowest BCUT2D eigenvalue weighted by Gasteiger charge is -2.12. The minimum absolute atomic E-state index is 0.339. The van der Waals surface area contributed by atoms with Crippen molar-refractivity contribution in [2.24, 2.45) is 4.99 Å². The molecule has 3 rings (SSSR count). The van der Waals surface area contributed by atoms with Gasteiger partial charge in [0.15, 0.2) is 5.17 Å². The van der Waals surface area contributed by atoms with Crippen molar-refractivity contribution in [3.8, 4) is 0 Å². The Labute approximate surface area is 123 Å². The summed E-state index contributed by atoms with van der Waals surface area (Å²) in [7, 11) is 0. The fourth-order valence-corrected chi connectivity index (χ4v) is 4.59. The molecule has 19 heavy (non-hydrogen) atoms. The van der Waals surface area contributed by atoms with Crippen LogP contribution in [0.2, 0.25) is 0 Å². The zero-order valence-electron chi connectivity index (χ0n) is 11.2. The highest BCUT2D eigenvalue weighted by Gasteiger charge is 2.27. The normalized spacial score (nSPS) is 30.4. The maximum Gasteiger partial charge on any atom is 0.157 e. The van der Waals surface area contributed by atoms with Crippen LogP contribution in [0.5, 0.6) is 0 Å². The summed E-state index contributed by atoms with van der Waals surface area (Å²) in [6.07, 6.45) is 6.15. The summed E-state index contributed by atoms with van der Waals surface area (Å²) in [4.78, 5) is 4.83. The van der Waals surface area contributed by atoms with Gasteiger partial charge < -0.3 is 5.32 Å². The Hall–Kier alpha value is -0.610. The standard InChI is InChI=1S/C15H20N2S2/c1-18-13-8-7-12(9-13)16-15-17-14(10-19-15)11-5-3-2-4-6-11/h2-6,12-14H,7-10H2,1H3,(H,16,17). The maximum absolute atomic E-state index is 4.83. The summed E-state index contributed by atoms with van der Waals surface area (Å²) in [6.45, 7) is 0.